The smallest absolute Gasteiger partial charge is 0.140 e. The van der Waals surface area contributed by atoms with Gasteiger partial charge >= 0.3 is 0 Å². The summed E-state index contributed by atoms with van der Waals surface area (Å²) in [5, 5.41) is 7.25. The molecular formula is C9H18N4. The highest BCUT2D eigenvalue weighted by Crippen LogP contribution is 2.03. The average Bonchev–Trinajstić information content (AvgIpc) is 2.49. The first-order valence-electron chi connectivity index (χ1n) is 4.75. The molecule has 0 saturated heterocycles. The number of hydrogen-bond acceptors (Lipinski definition) is 3. The molecule has 4 nitrogen and oxygen atoms in total. The molecule has 0 aliphatic carbocycles. The highest BCUT2D eigenvalue weighted by molar-refractivity contribution is 4.83. The molecule has 74 valence electrons. The Balaban J connectivity index is 2.49. The molecule has 0 aromatic carbocycles. The van der Waals surface area contributed by atoms with Crippen LogP contribution in [0.25, 0.3) is 0 Å². The van der Waals surface area contributed by atoms with E-state index in [0.29, 0.717) is 5.92 Å². The zero-order valence-corrected chi connectivity index (χ0v) is 8.62. The summed E-state index contributed by atoms with van der Waals surface area (Å²) in [6.45, 7) is 6.19. The molecule has 0 unspecified atom stereocenters. The maximum Gasteiger partial charge on any atom is 0.140 e. The van der Waals surface area contributed by atoms with Gasteiger partial charge in [0.15, 0.2) is 0 Å². The largest absolute Gasteiger partial charge is 0.313 e. The van der Waals surface area contributed by atoms with Crippen molar-refractivity contribution in [2.24, 2.45) is 5.92 Å². The predicted molar refractivity (Wildman–Crippen MR) is 52.2 cm³/mol. The van der Waals surface area contributed by atoms with Gasteiger partial charge in [0, 0.05) is 6.54 Å². The van der Waals surface area contributed by atoms with Crippen LogP contribution in [0, 0.1) is 5.92 Å². The van der Waals surface area contributed by atoms with Gasteiger partial charge in [-0.2, -0.15) is 5.10 Å². The van der Waals surface area contributed by atoms with Crippen LogP contribution in [0.15, 0.2) is 6.33 Å². The van der Waals surface area contributed by atoms with E-state index in [0.717, 1.165) is 25.3 Å². The van der Waals surface area contributed by atoms with Crippen LogP contribution < -0.4 is 5.32 Å². The zero-order valence-electron chi connectivity index (χ0n) is 8.62. The third-order valence-electron chi connectivity index (χ3n) is 1.95. The number of aromatic nitrogens is 3. The fraction of sp³-hybridized carbons (Fsp3) is 0.778. The predicted octanol–water partition coefficient (Wildman–Crippen LogP) is 1.04. The van der Waals surface area contributed by atoms with Crippen molar-refractivity contribution in [3.8, 4) is 0 Å². The second kappa shape index (κ2) is 4.97. The molecule has 4 heteroatoms. The summed E-state index contributed by atoms with van der Waals surface area (Å²) in [5.41, 5.74) is 0. The third-order valence-corrected chi connectivity index (χ3v) is 1.95. The quantitative estimate of drug-likeness (QED) is 0.740. The Bertz CT molecular complexity index is 242. The lowest BCUT2D eigenvalue weighted by atomic mass is 10.1. The first-order chi connectivity index (χ1) is 6.24. The monoisotopic (exact) mass is 182 g/mol. The molecule has 0 fully saturated rings. The maximum absolute atomic E-state index is 4.17. The van der Waals surface area contributed by atoms with E-state index in [4.69, 9.17) is 0 Å². The summed E-state index contributed by atoms with van der Waals surface area (Å²) in [6, 6.07) is 0. The van der Waals surface area contributed by atoms with Crippen LogP contribution in [-0.4, -0.2) is 21.8 Å². The topological polar surface area (TPSA) is 42.7 Å². The van der Waals surface area contributed by atoms with Crippen molar-refractivity contribution in [2.75, 3.05) is 7.05 Å². The van der Waals surface area contributed by atoms with Crippen LogP contribution >= 0.6 is 0 Å². The number of nitrogens with zero attached hydrogens (tertiary/aromatic N) is 3. The Morgan fingerprint density at radius 3 is 2.92 bits per heavy atom. The van der Waals surface area contributed by atoms with Crippen molar-refractivity contribution in [2.45, 2.75) is 33.4 Å². The van der Waals surface area contributed by atoms with E-state index in [-0.39, 0.29) is 0 Å². The molecule has 0 radical (unpaired) electrons. The van der Waals surface area contributed by atoms with E-state index < -0.39 is 0 Å². The van der Waals surface area contributed by atoms with Crippen molar-refractivity contribution < 1.29 is 0 Å². The second-order valence-corrected chi connectivity index (χ2v) is 3.61. The van der Waals surface area contributed by atoms with Gasteiger partial charge in [-0.05, 0) is 19.4 Å². The summed E-state index contributed by atoms with van der Waals surface area (Å²) in [6.07, 6.45) is 2.77. The van der Waals surface area contributed by atoms with Crippen LogP contribution in [0.1, 0.15) is 26.1 Å². The molecule has 0 aliphatic heterocycles. The minimum atomic E-state index is 0.714. The Morgan fingerprint density at radius 1 is 1.54 bits per heavy atom. The second-order valence-electron chi connectivity index (χ2n) is 3.61. The summed E-state index contributed by atoms with van der Waals surface area (Å²) in [5.74, 6) is 1.73. The number of aryl methyl sites for hydroxylation is 1. The van der Waals surface area contributed by atoms with Crippen LogP contribution in [0.2, 0.25) is 0 Å². The number of hydrogen-bond donors (Lipinski definition) is 1. The van der Waals surface area contributed by atoms with E-state index in [1.54, 1.807) is 6.33 Å². The van der Waals surface area contributed by atoms with Crippen LogP contribution in [0.5, 0.6) is 0 Å². The van der Waals surface area contributed by atoms with Gasteiger partial charge in [0.2, 0.25) is 0 Å². The van der Waals surface area contributed by atoms with Crippen molar-refractivity contribution >= 4 is 0 Å². The van der Waals surface area contributed by atoms with Gasteiger partial charge in [-0.25, -0.2) is 9.67 Å². The Labute approximate surface area is 79.4 Å². The SMILES string of the molecule is CNCc1ncnn1CCC(C)C. The summed E-state index contributed by atoms with van der Waals surface area (Å²) in [7, 11) is 1.92. The van der Waals surface area contributed by atoms with Gasteiger partial charge in [-0.1, -0.05) is 13.8 Å². The van der Waals surface area contributed by atoms with Crippen molar-refractivity contribution in [3.05, 3.63) is 12.2 Å². The molecule has 1 N–H and O–H groups in total. The standard InChI is InChI=1S/C9H18N4/c1-8(2)4-5-13-9(6-10-3)11-7-12-13/h7-8,10H,4-6H2,1-3H3. The molecule has 0 amide bonds. The molecule has 0 spiro atoms. The van der Waals surface area contributed by atoms with Gasteiger partial charge in [-0.15, -0.1) is 0 Å². The molecule has 0 saturated carbocycles. The molecule has 0 bridgehead atoms. The lowest BCUT2D eigenvalue weighted by Crippen LogP contribution is -2.14. The van der Waals surface area contributed by atoms with Crippen molar-refractivity contribution in [1.29, 1.82) is 0 Å². The lowest BCUT2D eigenvalue weighted by molar-refractivity contribution is 0.469. The van der Waals surface area contributed by atoms with Gasteiger partial charge in [0.25, 0.3) is 0 Å². The van der Waals surface area contributed by atoms with E-state index in [2.05, 4.69) is 29.2 Å². The Hall–Kier alpha value is -0.900. The lowest BCUT2D eigenvalue weighted by Gasteiger charge is -2.07. The number of nitrogens with one attached hydrogen (secondary N) is 1. The van der Waals surface area contributed by atoms with E-state index in [1.165, 1.54) is 0 Å². The fourth-order valence-electron chi connectivity index (χ4n) is 1.15. The first-order valence-corrected chi connectivity index (χ1v) is 4.75. The Morgan fingerprint density at radius 2 is 2.31 bits per heavy atom. The van der Waals surface area contributed by atoms with E-state index >= 15 is 0 Å². The minimum Gasteiger partial charge on any atom is -0.313 e. The van der Waals surface area contributed by atoms with Crippen LogP contribution in [0.3, 0.4) is 0 Å². The summed E-state index contributed by atoms with van der Waals surface area (Å²) in [4.78, 5) is 4.17. The average molecular weight is 182 g/mol. The normalized spacial score (nSPS) is 11.1. The highest BCUT2D eigenvalue weighted by atomic mass is 15.3. The van der Waals surface area contributed by atoms with Gasteiger partial charge in [-0.3, -0.25) is 0 Å². The molecule has 1 heterocycles. The van der Waals surface area contributed by atoms with Crippen LogP contribution in [0.4, 0.5) is 0 Å². The third kappa shape index (κ3) is 3.14. The molecule has 1 aromatic heterocycles. The summed E-state index contributed by atoms with van der Waals surface area (Å²) >= 11 is 0. The zero-order chi connectivity index (χ0) is 9.68. The van der Waals surface area contributed by atoms with Gasteiger partial charge in [0.1, 0.15) is 12.2 Å². The maximum atomic E-state index is 4.17. The fourth-order valence-corrected chi connectivity index (χ4v) is 1.15. The van der Waals surface area contributed by atoms with Gasteiger partial charge < -0.3 is 5.32 Å². The van der Waals surface area contributed by atoms with Crippen molar-refractivity contribution in [3.63, 3.8) is 0 Å². The van der Waals surface area contributed by atoms with Crippen LogP contribution in [-0.2, 0) is 13.1 Å². The number of rotatable bonds is 5. The summed E-state index contributed by atoms with van der Waals surface area (Å²) < 4.78 is 1.97. The Kier molecular flexibility index (Phi) is 3.89. The van der Waals surface area contributed by atoms with E-state index in [1.807, 2.05) is 11.7 Å². The molecule has 0 aliphatic rings. The molecule has 1 aromatic rings. The molecule has 0 atom stereocenters. The molecular weight excluding hydrogens is 164 g/mol. The molecule has 13 heavy (non-hydrogen) atoms. The van der Waals surface area contributed by atoms with Gasteiger partial charge in [0.05, 0.1) is 6.54 Å². The molecule has 1 rings (SSSR count). The highest BCUT2D eigenvalue weighted by Gasteiger charge is 2.03. The minimum absolute atomic E-state index is 0.714. The van der Waals surface area contributed by atoms with Crippen molar-refractivity contribution in [1.82, 2.24) is 20.1 Å². The first kappa shape index (κ1) is 10.2. The van der Waals surface area contributed by atoms with E-state index in [9.17, 15) is 0 Å².